The molecule has 0 saturated carbocycles. The molecule has 2 rings (SSSR count). The van der Waals surface area contributed by atoms with E-state index in [-0.39, 0.29) is 24.2 Å². The number of nitrogens with zero attached hydrogens (tertiary/aromatic N) is 2. The van der Waals surface area contributed by atoms with Crippen molar-refractivity contribution in [2.24, 2.45) is 5.92 Å². The molecule has 1 aromatic carbocycles. The van der Waals surface area contributed by atoms with Crippen molar-refractivity contribution in [3.63, 3.8) is 0 Å². The molecule has 0 aliphatic heterocycles. The molecule has 0 aliphatic rings. The average molecular weight is 376 g/mol. The van der Waals surface area contributed by atoms with Gasteiger partial charge in [-0.3, -0.25) is 4.79 Å². The Morgan fingerprint density at radius 1 is 0.963 bits per heavy atom. The first-order valence-corrected chi connectivity index (χ1v) is 9.22. The van der Waals surface area contributed by atoms with E-state index >= 15 is 0 Å². The van der Waals surface area contributed by atoms with Crippen molar-refractivity contribution in [2.75, 3.05) is 33.0 Å². The van der Waals surface area contributed by atoms with Gasteiger partial charge in [-0.15, -0.1) is 10.2 Å². The van der Waals surface area contributed by atoms with Crippen molar-refractivity contribution >= 4 is 5.78 Å². The van der Waals surface area contributed by atoms with Gasteiger partial charge in [-0.1, -0.05) is 27.7 Å². The summed E-state index contributed by atoms with van der Waals surface area (Å²) >= 11 is 0. The molecule has 0 N–H and O–H groups in total. The first kappa shape index (κ1) is 21.1. The van der Waals surface area contributed by atoms with Crippen molar-refractivity contribution in [1.29, 1.82) is 0 Å². The van der Waals surface area contributed by atoms with Crippen LogP contribution in [0.1, 0.15) is 39.5 Å². The van der Waals surface area contributed by atoms with E-state index < -0.39 is 0 Å². The standard InChI is InChI=1S/C20H28N2O5/c1-14(2)18(23)13-25-10-9-24-11-12-26-17-7-5-16(6-8-17)20-22-21-19(27-20)15(3)4/h5-8,14-15H,9-13H2,1-4H3. The van der Waals surface area contributed by atoms with Crippen LogP contribution in [0.3, 0.4) is 0 Å². The lowest BCUT2D eigenvalue weighted by Gasteiger charge is -2.08. The lowest BCUT2D eigenvalue weighted by atomic mass is 10.1. The van der Waals surface area contributed by atoms with Gasteiger partial charge < -0.3 is 18.6 Å². The Kier molecular flexibility index (Phi) is 8.42. The van der Waals surface area contributed by atoms with Crippen LogP contribution < -0.4 is 4.74 Å². The molecule has 0 amide bonds. The Morgan fingerprint density at radius 2 is 1.63 bits per heavy atom. The number of benzene rings is 1. The van der Waals surface area contributed by atoms with Crippen LogP contribution in [0.2, 0.25) is 0 Å². The predicted molar refractivity (Wildman–Crippen MR) is 101 cm³/mol. The van der Waals surface area contributed by atoms with Gasteiger partial charge in [-0.05, 0) is 24.3 Å². The van der Waals surface area contributed by atoms with Crippen LogP contribution in [-0.4, -0.2) is 49.0 Å². The van der Waals surface area contributed by atoms with Gasteiger partial charge in [0.25, 0.3) is 0 Å². The minimum Gasteiger partial charge on any atom is -0.491 e. The van der Waals surface area contributed by atoms with Crippen LogP contribution >= 0.6 is 0 Å². The van der Waals surface area contributed by atoms with Crippen LogP contribution in [-0.2, 0) is 14.3 Å². The SMILES string of the molecule is CC(C)C(=O)COCCOCCOc1ccc(-c2nnc(C(C)C)o2)cc1. The van der Waals surface area contributed by atoms with Gasteiger partial charge in [0.15, 0.2) is 5.78 Å². The second-order valence-electron chi connectivity index (χ2n) is 6.76. The maximum atomic E-state index is 11.4. The quantitative estimate of drug-likeness (QED) is 0.524. The summed E-state index contributed by atoms with van der Waals surface area (Å²) in [5.74, 6) is 2.18. The second-order valence-corrected chi connectivity index (χ2v) is 6.76. The molecule has 1 heterocycles. The van der Waals surface area contributed by atoms with Crippen LogP contribution in [0.15, 0.2) is 28.7 Å². The largest absolute Gasteiger partial charge is 0.491 e. The van der Waals surface area contributed by atoms with Gasteiger partial charge in [0.1, 0.15) is 19.0 Å². The molecule has 0 spiro atoms. The molecule has 0 atom stereocenters. The average Bonchev–Trinajstić information content (AvgIpc) is 3.14. The summed E-state index contributed by atoms with van der Waals surface area (Å²) in [6.45, 7) is 9.59. The molecular weight excluding hydrogens is 348 g/mol. The number of carbonyl (C=O) groups is 1. The highest BCUT2D eigenvalue weighted by atomic mass is 16.5. The fraction of sp³-hybridized carbons (Fsp3) is 0.550. The predicted octanol–water partition coefficient (Wildman–Crippen LogP) is 3.50. The van der Waals surface area contributed by atoms with Crippen LogP contribution in [0, 0.1) is 5.92 Å². The van der Waals surface area contributed by atoms with Gasteiger partial charge in [0, 0.05) is 17.4 Å². The van der Waals surface area contributed by atoms with Crippen molar-refractivity contribution in [3.8, 4) is 17.2 Å². The first-order valence-electron chi connectivity index (χ1n) is 9.22. The van der Waals surface area contributed by atoms with Gasteiger partial charge in [-0.2, -0.15) is 0 Å². The summed E-state index contributed by atoms with van der Waals surface area (Å²) in [6, 6.07) is 7.48. The maximum Gasteiger partial charge on any atom is 0.247 e. The van der Waals surface area contributed by atoms with Gasteiger partial charge >= 0.3 is 0 Å². The molecule has 0 saturated heterocycles. The minimum atomic E-state index is 0.00259. The highest BCUT2D eigenvalue weighted by Gasteiger charge is 2.11. The minimum absolute atomic E-state index is 0.00259. The molecule has 0 unspecified atom stereocenters. The lowest BCUT2D eigenvalue weighted by Crippen LogP contribution is -2.17. The topological polar surface area (TPSA) is 83.7 Å². The zero-order chi connectivity index (χ0) is 19.6. The molecule has 0 aliphatic carbocycles. The number of ether oxygens (including phenoxy) is 3. The number of Topliss-reactive ketones (excluding diaryl/α,β-unsaturated/α-hetero) is 1. The number of rotatable bonds is 12. The summed E-state index contributed by atoms with van der Waals surface area (Å²) in [7, 11) is 0. The Balaban J connectivity index is 1.62. The fourth-order valence-electron chi connectivity index (χ4n) is 2.06. The van der Waals surface area contributed by atoms with E-state index in [2.05, 4.69) is 10.2 Å². The fourth-order valence-corrected chi connectivity index (χ4v) is 2.06. The summed E-state index contributed by atoms with van der Waals surface area (Å²) in [6.07, 6.45) is 0. The summed E-state index contributed by atoms with van der Waals surface area (Å²) in [5.41, 5.74) is 0.853. The van der Waals surface area contributed by atoms with E-state index in [1.54, 1.807) is 0 Å². The second kappa shape index (κ2) is 10.8. The van der Waals surface area contributed by atoms with Crippen LogP contribution in [0.5, 0.6) is 5.75 Å². The third kappa shape index (κ3) is 7.11. The van der Waals surface area contributed by atoms with Crippen molar-refractivity contribution in [3.05, 3.63) is 30.2 Å². The Morgan fingerprint density at radius 3 is 2.26 bits per heavy atom. The Labute approximate surface area is 160 Å². The number of ketones is 1. The summed E-state index contributed by atoms with van der Waals surface area (Å²) in [5, 5.41) is 8.09. The zero-order valence-corrected chi connectivity index (χ0v) is 16.4. The van der Waals surface area contributed by atoms with E-state index in [9.17, 15) is 4.79 Å². The Bertz CT molecular complexity index is 695. The lowest BCUT2D eigenvalue weighted by molar-refractivity contribution is -0.127. The van der Waals surface area contributed by atoms with Crippen LogP contribution in [0.25, 0.3) is 11.5 Å². The number of aromatic nitrogens is 2. The van der Waals surface area contributed by atoms with Gasteiger partial charge in [0.05, 0.1) is 19.8 Å². The van der Waals surface area contributed by atoms with E-state index in [1.807, 2.05) is 52.0 Å². The Hall–Kier alpha value is -2.25. The smallest absolute Gasteiger partial charge is 0.247 e. The number of hydrogen-bond acceptors (Lipinski definition) is 7. The molecule has 2 aromatic rings. The third-order valence-electron chi connectivity index (χ3n) is 3.79. The van der Waals surface area contributed by atoms with E-state index in [4.69, 9.17) is 18.6 Å². The van der Waals surface area contributed by atoms with Crippen molar-refractivity contribution in [1.82, 2.24) is 10.2 Å². The monoisotopic (exact) mass is 376 g/mol. The van der Waals surface area contributed by atoms with Crippen molar-refractivity contribution in [2.45, 2.75) is 33.6 Å². The summed E-state index contributed by atoms with van der Waals surface area (Å²) in [4.78, 5) is 11.4. The molecular formula is C20H28N2O5. The van der Waals surface area contributed by atoms with Gasteiger partial charge in [0.2, 0.25) is 11.8 Å². The van der Waals surface area contributed by atoms with Crippen LogP contribution in [0.4, 0.5) is 0 Å². The third-order valence-corrected chi connectivity index (χ3v) is 3.79. The molecule has 27 heavy (non-hydrogen) atoms. The molecule has 1 aromatic heterocycles. The molecule has 0 fully saturated rings. The highest BCUT2D eigenvalue weighted by Crippen LogP contribution is 2.23. The molecule has 0 radical (unpaired) electrons. The number of hydrogen-bond donors (Lipinski definition) is 0. The van der Waals surface area contributed by atoms with Gasteiger partial charge in [-0.25, -0.2) is 0 Å². The van der Waals surface area contributed by atoms with Crippen molar-refractivity contribution < 1.29 is 23.4 Å². The zero-order valence-electron chi connectivity index (χ0n) is 16.4. The van der Waals surface area contributed by atoms with E-state index in [0.29, 0.717) is 38.2 Å². The maximum absolute atomic E-state index is 11.4. The first-order chi connectivity index (χ1) is 13.0. The molecule has 148 valence electrons. The summed E-state index contributed by atoms with van der Waals surface area (Å²) < 4.78 is 21.9. The van der Waals surface area contributed by atoms with E-state index in [0.717, 1.165) is 11.3 Å². The van der Waals surface area contributed by atoms with E-state index in [1.165, 1.54) is 0 Å². The molecule has 7 nitrogen and oxygen atoms in total. The normalized spacial score (nSPS) is 11.3. The highest BCUT2D eigenvalue weighted by molar-refractivity contribution is 5.81. The molecule has 0 bridgehead atoms. The number of carbonyl (C=O) groups excluding carboxylic acids is 1. The molecule has 7 heteroatoms.